The molecule has 0 spiro atoms. The van der Waals surface area contributed by atoms with Crippen LogP contribution < -0.4 is 10.6 Å². The van der Waals surface area contributed by atoms with Crippen molar-refractivity contribution in [3.05, 3.63) is 106 Å². The van der Waals surface area contributed by atoms with Crippen molar-refractivity contribution in [3.8, 4) is 0 Å². The highest BCUT2D eigenvalue weighted by Gasteiger charge is 2.23. The van der Waals surface area contributed by atoms with Crippen LogP contribution in [0.2, 0.25) is 10.0 Å². The molecule has 0 aliphatic heterocycles. The summed E-state index contributed by atoms with van der Waals surface area (Å²) in [6.45, 7) is 0. The fourth-order valence-corrected chi connectivity index (χ4v) is 5.12. The van der Waals surface area contributed by atoms with E-state index in [2.05, 4.69) is 15.6 Å². The molecule has 1 aromatic heterocycles. The summed E-state index contributed by atoms with van der Waals surface area (Å²) in [6, 6.07) is 21.5. The van der Waals surface area contributed by atoms with Gasteiger partial charge in [0.1, 0.15) is 5.25 Å². The van der Waals surface area contributed by atoms with Gasteiger partial charge in [-0.1, -0.05) is 59.6 Å². The van der Waals surface area contributed by atoms with E-state index in [-0.39, 0.29) is 16.8 Å². The molecule has 0 bridgehead atoms. The van der Waals surface area contributed by atoms with Crippen molar-refractivity contribution in [2.75, 3.05) is 10.6 Å². The lowest BCUT2D eigenvalue weighted by atomic mass is 10.1. The Hall–Kier alpha value is -2.84. The van der Waals surface area contributed by atoms with Gasteiger partial charge in [-0.25, -0.2) is 4.98 Å². The molecule has 1 heterocycles. The van der Waals surface area contributed by atoms with Crippen molar-refractivity contribution in [2.45, 2.75) is 10.1 Å². The SMILES string of the molecule is O=C(Nc1cccc(SC(C(=O)Nc2nccs2)c2ccccc2)c1)c1ccc(Cl)cc1Cl. The van der Waals surface area contributed by atoms with Gasteiger partial charge < -0.3 is 10.6 Å². The van der Waals surface area contributed by atoms with E-state index in [4.69, 9.17) is 23.2 Å². The summed E-state index contributed by atoms with van der Waals surface area (Å²) in [6.07, 6.45) is 1.64. The first-order valence-electron chi connectivity index (χ1n) is 9.78. The first-order chi connectivity index (χ1) is 16.0. The van der Waals surface area contributed by atoms with Crippen LogP contribution in [0.5, 0.6) is 0 Å². The number of aromatic nitrogens is 1. The maximum Gasteiger partial charge on any atom is 0.257 e. The normalized spacial score (nSPS) is 11.6. The van der Waals surface area contributed by atoms with E-state index in [0.717, 1.165) is 10.5 Å². The lowest BCUT2D eigenvalue weighted by Crippen LogP contribution is -2.19. The van der Waals surface area contributed by atoms with Crippen molar-refractivity contribution in [1.29, 1.82) is 0 Å². The minimum atomic E-state index is -0.508. The van der Waals surface area contributed by atoms with Crippen LogP contribution in [0.15, 0.2) is 89.3 Å². The van der Waals surface area contributed by atoms with Crippen LogP contribution in [-0.2, 0) is 4.79 Å². The third-order valence-electron chi connectivity index (χ3n) is 4.52. The molecule has 0 saturated heterocycles. The smallest absolute Gasteiger partial charge is 0.257 e. The monoisotopic (exact) mass is 513 g/mol. The summed E-state index contributed by atoms with van der Waals surface area (Å²) in [4.78, 5) is 30.7. The Bertz CT molecular complexity index is 1270. The zero-order valence-electron chi connectivity index (χ0n) is 17.0. The van der Waals surface area contributed by atoms with E-state index in [1.54, 1.807) is 29.8 Å². The minimum Gasteiger partial charge on any atom is -0.322 e. The Morgan fingerprint density at radius 1 is 0.939 bits per heavy atom. The Kier molecular flexibility index (Phi) is 7.67. The Balaban J connectivity index is 1.54. The molecule has 166 valence electrons. The lowest BCUT2D eigenvalue weighted by Gasteiger charge is -2.17. The van der Waals surface area contributed by atoms with Crippen LogP contribution in [0.25, 0.3) is 0 Å². The predicted molar refractivity (Wildman–Crippen MR) is 137 cm³/mol. The van der Waals surface area contributed by atoms with Crippen LogP contribution in [0, 0.1) is 0 Å². The highest BCUT2D eigenvalue weighted by molar-refractivity contribution is 8.00. The van der Waals surface area contributed by atoms with Crippen LogP contribution in [0.4, 0.5) is 10.8 Å². The van der Waals surface area contributed by atoms with Gasteiger partial charge in [0.05, 0.1) is 10.6 Å². The van der Waals surface area contributed by atoms with Gasteiger partial charge in [-0.2, -0.15) is 0 Å². The third-order valence-corrected chi connectivity index (χ3v) is 7.01. The summed E-state index contributed by atoms with van der Waals surface area (Å²) in [5, 5.41) is 8.29. The molecule has 0 fully saturated rings. The average Bonchev–Trinajstić information content (AvgIpc) is 3.31. The van der Waals surface area contributed by atoms with E-state index in [1.807, 2.05) is 48.5 Å². The van der Waals surface area contributed by atoms with Gasteiger partial charge in [0.2, 0.25) is 5.91 Å². The van der Waals surface area contributed by atoms with Crippen LogP contribution in [-0.4, -0.2) is 16.8 Å². The van der Waals surface area contributed by atoms with E-state index in [0.29, 0.717) is 21.4 Å². The molecule has 4 rings (SSSR count). The summed E-state index contributed by atoms with van der Waals surface area (Å²) in [7, 11) is 0. The Morgan fingerprint density at radius 3 is 2.48 bits per heavy atom. The van der Waals surface area contributed by atoms with Gasteiger partial charge in [0.15, 0.2) is 5.13 Å². The van der Waals surface area contributed by atoms with Gasteiger partial charge in [-0.15, -0.1) is 23.1 Å². The topological polar surface area (TPSA) is 71.1 Å². The van der Waals surface area contributed by atoms with Crippen LogP contribution >= 0.6 is 46.3 Å². The number of halogens is 2. The van der Waals surface area contributed by atoms with Gasteiger partial charge in [-0.05, 0) is 42.0 Å². The Morgan fingerprint density at radius 2 is 1.76 bits per heavy atom. The van der Waals surface area contributed by atoms with E-state index in [1.165, 1.54) is 29.2 Å². The van der Waals surface area contributed by atoms with Crippen LogP contribution in [0.3, 0.4) is 0 Å². The number of thioether (sulfide) groups is 1. The van der Waals surface area contributed by atoms with Gasteiger partial charge in [0.25, 0.3) is 5.91 Å². The Labute approximate surface area is 209 Å². The molecule has 9 heteroatoms. The number of hydrogen-bond acceptors (Lipinski definition) is 5. The van der Waals surface area contributed by atoms with Gasteiger partial charge in [-0.3, -0.25) is 9.59 Å². The average molecular weight is 514 g/mol. The molecule has 2 amide bonds. The molecule has 5 nitrogen and oxygen atoms in total. The number of rotatable bonds is 7. The second-order valence-electron chi connectivity index (χ2n) is 6.84. The number of hydrogen-bond donors (Lipinski definition) is 2. The molecule has 0 saturated carbocycles. The molecule has 1 atom stereocenters. The number of anilines is 2. The zero-order chi connectivity index (χ0) is 23.2. The minimum absolute atomic E-state index is 0.177. The molecule has 2 N–H and O–H groups in total. The summed E-state index contributed by atoms with van der Waals surface area (Å²) in [5.74, 6) is -0.525. The first kappa shape index (κ1) is 23.3. The number of amides is 2. The van der Waals surface area contributed by atoms with Gasteiger partial charge in [0, 0.05) is 27.2 Å². The molecular formula is C24H17Cl2N3O2S2. The molecular weight excluding hydrogens is 497 g/mol. The van der Waals surface area contributed by atoms with E-state index in [9.17, 15) is 9.59 Å². The summed E-state index contributed by atoms with van der Waals surface area (Å²) < 4.78 is 0. The van der Waals surface area contributed by atoms with Crippen molar-refractivity contribution in [1.82, 2.24) is 4.98 Å². The second-order valence-corrected chi connectivity index (χ2v) is 9.76. The standard InChI is InChI=1S/C24H17Cl2N3O2S2/c25-16-9-10-19(20(26)13-16)22(30)28-17-7-4-8-18(14-17)33-21(15-5-2-1-3-6-15)23(31)29-24-27-11-12-32-24/h1-14,21H,(H,28,30)(H,27,29,31). The number of carbonyl (C=O) groups is 2. The molecule has 0 aliphatic rings. The highest BCUT2D eigenvalue weighted by Crippen LogP contribution is 2.37. The van der Waals surface area contributed by atoms with Crippen molar-refractivity contribution < 1.29 is 9.59 Å². The fourth-order valence-electron chi connectivity index (χ4n) is 3.01. The molecule has 33 heavy (non-hydrogen) atoms. The maximum absolute atomic E-state index is 13.1. The van der Waals surface area contributed by atoms with E-state index >= 15 is 0 Å². The number of nitrogens with one attached hydrogen (secondary N) is 2. The number of carbonyl (C=O) groups excluding carboxylic acids is 2. The quantitative estimate of drug-likeness (QED) is 0.257. The van der Waals surface area contributed by atoms with Crippen LogP contribution in [0.1, 0.15) is 21.2 Å². The molecule has 0 radical (unpaired) electrons. The van der Waals surface area contributed by atoms with Gasteiger partial charge >= 0.3 is 0 Å². The predicted octanol–water partition coefficient (Wildman–Crippen LogP) is 7.17. The molecule has 4 aromatic rings. The number of nitrogens with zero attached hydrogens (tertiary/aromatic N) is 1. The zero-order valence-corrected chi connectivity index (χ0v) is 20.1. The molecule has 3 aromatic carbocycles. The second kappa shape index (κ2) is 10.9. The molecule has 1 unspecified atom stereocenters. The fraction of sp³-hybridized carbons (Fsp3) is 0.0417. The van der Waals surface area contributed by atoms with Crippen molar-refractivity contribution >= 4 is 68.9 Å². The van der Waals surface area contributed by atoms with E-state index < -0.39 is 5.25 Å². The first-order valence-corrected chi connectivity index (χ1v) is 12.3. The number of benzene rings is 3. The van der Waals surface area contributed by atoms with Crippen molar-refractivity contribution in [3.63, 3.8) is 0 Å². The highest BCUT2D eigenvalue weighted by atomic mass is 35.5. The summed E-state index contributed by atoms with van der Waals surface area (Å²) >= 11 is 14.8. The lowest BCUT2D eigenvalue weighted by molar-refractivity contribution is -0.115. The number of thiazole rings is 1. The van der Waals surface area contributed by atoms with Crippen molar-refractivity contribution in [2.24, 2.45) is 0 Å². The maximum atomic E-state index is 13.1. The largest absolute Gasteiger partial charge is 0.322 e. The summed E-state index contributed by atoms with van der Waals surface area (Å²) in [5.41, 5.74) is 1.77. The third kappa shape index (κ3) is 6.15. The molecule has 0 aliphatic carbocycles.